The molecule has 12 heavy (non-hydrogen) atoms. The molecule has 0 saturated carbocycles. The number of rotatable bonds is 2. The van der Waals surface area contributed by atoms with E-state index < -0.39 is 0 Å². The molecule has 0 radical (unpaired) electrons. The van der Waals surface area contributed by atoms with Crippen LogP contribution in [0.4, 0.5) is 5.69 Å². The molecule has 1 rings (SSSR count). The number of hydrogen-bond acceptors (Lipinski definition) is 3. The Morgan fingerprint density at radius 2 is 2.17 bits per heavy atom. The molecule has 0 aliphatic rings. The second-order valence-electron chi connectivity index (χ2n) is 2.23. The second-order valence-corrected chi connectivity index (χ2v) is 3.61. The van der Waals surface area contributed by atoms with Gasteiger partial charge in [-0.25, -0.2) is 9.97 Å². The number of hydrogen-bond donors (Lipinski definition) is 1. The maximum absolute atomic E-state index is 11.1. The van der Waals surface area contributed by atoms with E-state index in [0.29, 0.717) is 5.69 Å². The largest absolute Gasteiger partial charge is 0.322 e. The van der Waals surface area contributed by atoms with Crippen LogP contribution in [-0.2, 0) is 4.79 Å². The van der Waals surface area contributed by atoms with Crippen LogP contribution in [0.5, 0.6) is 0 Å². The summed E-state index contributed by atoms with van der Waals surface area (Å²) in [7, 11) is 0. The lowest BCUT2D eigenvalue weighted by Crippen LogP contribution is -2.19. The smallest absolute Gasteiger partial charge is 0.237 e. The van der Waals surface area contributed by atoms with Crippen molar-refractivity contribution in [1.29, 1.82) is 0 Å². The van der Waals surface area contributed by atoms with Crippen LogP contribution in [-0.4, -0.2) is 20.7 Å². The Kier molecular flexibility index (Phi) is 3.16. The molecule has 0 bridgehead atoms. The van der Waals surface area contributed by atoms with E-state index in [0.717, 1.165) is 0 Å². The third-order valence-electron chi connectivity index (χ3n) is 1.19. The van der Waals surface area contributed by atoms with E-state index in [2.05, 4.69) is 31.2 Å². The van der Waals surface area contributed by atoms with Gasteiger partial charge < -0.3 is 5.32 Å². The van der Waals surface area contributed by atoms with Crippen LogP contribution in [0.25, 0.3) is 0 Å². The molecule has 64 valence electrons. The Hall–Kier alpha value is -0.970. The highest BCUT2D eigenvalue weighted by Crippen LogP contribution is 2.04. The van der Waals surface area contributed by atoms with E-state index in [1.807, 2.05) is 0 Å². The topological polar surface area (TPSA) is 54.9 Å². The van der Waals surface area contributed by atoms with Gasteiger partial charge in [-0.2, -0.15) is 0 Å². The molecular formula is C7H8BrN3O. The number of halogens is 1. The Labute approximate surface area is 78.5 Å². The predicted octanol–water partition coefficient (Wildman–Crippen LogP) is 1.20. The van der Waals surface area contributed by atoms with Crippen LogP contribution in [0.1, 0.15) is 6.92 Å². The highest BCUT2D eigenvalue weighted by atomic mass is 79.9. The molecule has 1 unspecified atom stereocenters. The molecule has 1 atom stereocenters. The number of aromatic nitrogens is 2. The molecular weight excluding hydrogens is 222 g/mol. The zero-order valence-electron chi connectivity index (χ0n) is 6.49. The fraction of sp³-hybridized carbons (Fsp3) is 0.286. The summed E-state index contributed by atoms with van der Waals surface area (Å²) in [6.07, 6.45) is 4.49. The van der Waals surface area contributed by atoms with Gasteiger partial charge in [0.2, 0.25) is 5.91 Å². The fourth-order valence-electron chi connectivity index (χ4n) is 0.605. The van der Waals surface area contributed by atoms with Gasteiger partial charge in [-0.3, -0.25) is 4.79 Å². The zero-order valence-corrected chi connectivity index (χ0v) is 8.08. The van der Waals surface area contributed by atoms with Crippen molar-refractivity contribution in [3.05, 3.63) is 18.7 Å². The van der Waals surface area contributed by atoms with Crippen molar-refractivity contribution in [2.75, 3.05) is 5.32 Å². The van der Waals surface area contributed by atoms with Gasteiger partial charge in [0.05, 0.1) is 22.9 Å². The minimum absolute atomic E-state index is 0.107. The van der Waals surface area contributed by atoms with Crippen molar-refractivity contribution in [3.63, 3.8) is 0 Å². The number of carbonyl (C=O) groups is 1. The first-order chi connectivity index (χ1) is 5.70. The molecule has 0 aliphatic carbocycles. The quantitative estimate of drug-likeness (QED) is 0.776. The van der Waals surface area contributed by atoms with E-state index in [4.69, 9.17) is 0 Å². The Bertz CT molecular complexity index is 263. The lowest BCUT2D eigenvalue weighted by molar-refractivity contribution is -0.115. The number of alkyl halides is 1. The monoisotopic (exact) mass is 229 g/mol. The lowest BCUT2D eigenvalue weighted by atomic mass is 10.4. The molecule has 4 nitrogen and oxygen atoms in total. The molecule has 1 N–H and O–H groups in total. The third-order valence-corrected chi connectivity index (χ3v) is 1.61. The average molecular weight is 230 g/mol. The van der Waals surface area contributed by atoms with Crippen molar-refractivity contribution < 1.29 is 4.79 Å². The van der Waals surface area contributed by atoms with Gasteiger partial charge in [-0.05, 0) is 6.92 Å². The van der Waals surface area contributed by atoms with Gasteiger partial charge in [-0.15, -0.1) is 0 Å². The number of nitrogens with one attached hydrogen (secondary N) is 1. The van der Waals surface area contributed by atoms with Crippen LogP contribution in [0, 0.1) is 0 Å². The maximum Gasteiger partial charge on any atom is 0.237 e. The van der Waals surface area contributed by atoms with Gasteiger partial charge in [0.15, 0.2) is 0 Å². The summed E-state index contributed by atoms with van der Waals surface area (Å²) in [6.45, 7) is 1.75. The van der Waals surface area contributed by atoms with Gasteiger partial charge in [-0.1, -0.05) is 15.9 Å². The van der Waals surface area contributed by atoms with Crippen LogP contribution in [0.15, 0.2) is 18.7 Å². The first-order valence-electron chi connectivity index (χ1n) is 3.40. The molecule has 1 aromatic heterocycles. The summed E-state index contributed by atoms with van der Waals surface area (Å²) in [6, 6.07) is 0. The van der Waals surface area contributed by atoms with E-state index in [1.165, 1.54) is 6.33 Å². The number of anilines is 1. The standard InChI is InChI=1S/C7H8BrN3O/c1-5(8)7(12)11-6-2-9-4-10-3-6/h2-5H,1H3,(H,11,12). The molecule has 5 heteroatoms. The number of amides is 1. The van der Waals surface area contributed by atoms with Gasteiger partial charge in [0.25, 0.3) is 0 Å². The first kappa shape index (κ1) is 9.12. The Morgan fingerprint density at radius 1 is 1.58 bits per heavy atom. The Morgan fingerprint density at radius 3 is 2.67 bits per heavy atom. The maximum atomic E-state index is 11.1. The van der Waals surface area contributed by atoms with Gasteiger partial charge in [0.1, 0.15) is 6.33 Å². The van der Waals surface area contributed by atoms with Crippen molar-refractivity contribution >= 4 is 27.5 Å². The third kappa shape index (κ3) is 2.58. The van der Waals surface area contributed by atoms with Crippen LogP contribution < -0.4 is 5.32 Å². The van der Waals surface area contributed by atoms with Crippen LogP contribution in [0.2, 0.25) is 0 Å². The average Bonchev–Trinajstić information content (AvgIpc) is 2.06. The highest BCUT2D eigenvalue weighted by Gasteiger charge is 2.07. The van der Waals surface area contributed by atoms with Gasteiger partial charge >= 0.3 is 0 Å². The summed E-state index contributed by atoms with van der Waals surface area (Å²) in [5.74, 6) is -0.107. The van der Waals surface area contributed by atoms with E-state index in [1.54, 1.807) is 19.3 Å². The Balaban J connectivity index is 2.59. The van der Waals surface area contributed by atoms with Crippen molar-refractivity contribution in [2.24, 2.45) is 0 Å². The minimum Gasteiger partial charge on any atom is -0.322 e. The molecule has 1 heterocycles. The number of nitrogens with zero attached hydrogens (tertiary/aromatic N) is 2. The van der Waals surface area contributed by atoms with Crippen LogP contribution in [0.3, 0.4) is 0 Å². The van der Waals surface area contributed by atoms with E-state index in [-0.39, 0.29) is 10.7 Å². The molecule has 0 fully saturated rings. The summed E-state index contributed by atoms with van der Waals surface area (Å²) in [5, 5.41) is 2.63. The van der Waals surface area contributed by atoms with Crippen LogP contribution >= 0.6 is 15.9 Å². The van der Waals surface area contributed by atoms with Crippen molar-refractivity contribution in [3.8, 4) is 0 Å². The van der Waals surface area contributed by atoms with Gasteiger partial charge in [0, 0.05) is 0 Å². The first-order valence-corrected chi connectivity index (χ1v) is 4.31. The summed E-state index contributed by atoms with van der Waals surface area (Å²) >= 11 is 3.14. The molecule has 0 saturated heterocycles. The normalized spacial score (nSPS) is 12.2. The summed E-state index contributed by atoms with van der Waals surface area (Å²) < 4.78 is 0. The molecule has 1 amide bonds. The fourth-order valence-corrected chi connectivity index (χ4v) is 0.720. The minimum atomic E-state index is -0.210. The summed E-state index contributed by atoms with van der Waals surface area (Å²) in [4.78, 5) is 18.4. The van der Waals surface area contributed by atoms with Crippen molar-refractivity contribution in [2.45, 2.75) is 11.8 Å². The SMILES string of the molecule is CC(Br)C(=O)Nc1cncnc1. The lowest BCUT2D eigenvalue weighted by Gasteiger charge is -2.04. The van der Waals surface area contributed by atoms with E-state index in [9.17, 15) is 4.79 Å². The zero-order chi connectivity index (χ0) is 8.97. The summed E-state index contributed by atoms with van der Waals surface area (Å²) in [5.41, 5.74) is 0.605. The van der Waals surface area contributed by atoms with Crippen molar-refractivity contribution in [1.82, 2.24) is 9.97 Å². The molecule has 0 aliphatic heterocycles. The second kappa shape index (κ2) is 4.15. The molecule has 0 spiro atoms. The number of carbonyl (C=O) groups excluding carboxylic acids is 1. The molecule has 1 aromatic rings. The van der Waals surface area contributed by atoms with E-state index >= 15 is 0 Å². The molecule has 0 aromatic carbocycles. The highest BCUT2D eigenvalue weighted by molar-refractivity contribution is 9.10. The predicted molar refractivity (Wildman–Crippen MR) is 49.1 cm³/mol.